The van der Waals surface area contributed by atoms with E-state index in [4.69, 9.17) is 0 Å². The van der Waals surface area contributed by atoms with E-state index in [-0.39, 0.29) is 40.5 Å². The predicted molar refractivity (Wildman–Crippen MR) is 44.5 cm³/mol. The number of aryl methyl sites for hydroxylation is 1. The van der Waals surface area contributed by atoms with Crippen molar-refractivity contribution in [1.29, 1.82) is 0 Å². The van der Waals surface area contributed by atoms with Crippen molar-refractivity contribution in [3.8, 4) is 0 Å². The monoisotopic (exact) mass is 210 g/mol. The summed E-state index contributed by atoms with van der Waals surface area (Å²) in [5.74, 6) is 1.03. The quantitative estimate of drug-likeness (QED) is 0.410. The molecule has 1 unspecified atom stereocenters. The van der Waals surface area contributed by atoms with Gasteiger partial charge < -0.3 is 9.12 Å². The molecule has 68 valence electrons. The molecule has 1 rings (SSSR count). The molecule has 0 saturated heterocycles. The Morgan fingerprint density at radius 3 is 2.38 bits per heavy atom. The summed E-state index contributed by atoms with van der Waals surface area (Å²) in [5, 5.41) is 0.112. The molecule has 0 N–H and O–H groups in total. The first-order valence-corrected chi connectivity index (χ1v) is 4.72. The topological polar surface area (TPSA) is 57.9 Å². The van der Waals surface area contributed by atoms with Gasteiger partial charge in [0.2, 0.25) is 0 Å². The van der Waals surface area contributed by atoms with Gasteiger partial charge in [-0.2, -0.15) is 0 Å². The van der Waals surface area contributed by atoms with Crippen molar-refractivity contribution in [2.24, 2.45) is 7.05 Å². The van der Waals surface area contributed by atoms with Crippen molar-refractivity contribution >= 4 is 11.1 Å². The van der Waals surface area contributed by atoms with Gasteiger partial charge in [-0.15, -0.1) is 0 Å². The maximum Gasteiger partial charge on any atom is 1.00 e. The van der Waals surface area contributed by atoms with Crippen LogP contribution in [0, 0.1) is 0 Å². The van der Waals surface area contributed by atoms with Gasteiger partial charge in [0.25, 0.3) is 0 Å². The average molecular weight is 210 g/mol. The molecule has 1 atom stereocenters. The molecule has 1 aromatic rings. The van der Waals surface area contributed by atoms with Crippen LogP contribution in [0.1, 0.15) is 25.6 Å². The molecule has 4 nitrogen and oxygen atoms in total. The second-order valence-corrected chi connectivity index (χ2v) is 3.83. The van der Waals surface area contributed by atoms with E-state index in [0.717, 1.165) is 5.82 Å². The van der Waals surface area contributed by atoms with Crippen LogP contribution in [-0.2, 0) is 18.1 Å². The fraction of sp³-hybridized carbons (Fsp3) is 0.571. The molecule has 6 heteroatoms. The molecular formula is C7H11N2NaO2S. The Bertz CT molecular complexity index is 311. The molecule has 0 aromatic carbocycles. The fourth-order valence-electron chi connectivity index (χ4n) is 1.07. The molecule has 1 heterocycles. The number of hydrogen-bond acceptors (Lipinski definition) is 3. The Kier molecular flexibility index (Phi) is 5.39. The van der Waals surface area contributed by atoms with Crippen LogP contribution in [0.2, 0.25) is 0 Å². The van der Waals surface area contributed by atoms with E-state index in [2.05, 4.69) is 4.98 Å². The minimum absolute atomic E-state index is 0. The van der Waals surface area contributed by atoms with Gasteiger partial charge in [0.1, 0.15) is 10.9 Å². The molecule has 0 aliphatic rings. The van der Waals surface area contributed by atoms with Gasteiger partial charge in [0, 0.05) is 19.2 Å². The predicted octanol–water partition coefficient (Wildman–Crippen LogP) is -2.21. The summed E-state index contributed by atoms with van der Waals surface area (Å²) < 4.78 is 22.8. The van der Waals surface area contributed by atoms with E-state index in [1.165, 1.54) is 6.20 Å². The van der Waals surface area contributed by atoms with E-state index in [0.29, 0.717) is 0 Å². The smallest absolute Gasteiger partial charge is 0.767 e. The average Bonchev–Trinajstić information content (AvgIpc) is 2.30. The zero-order chi connectivity index (χ0) is 9.30. The molecule has 0 saturated carbocycles. The molecule has 0 amide bonds. The number of imidazole rings is 1. The number of rotatable bonds is 2. The minimum atomic E-state index is -2.22. The third-order valence-corrected chi connectivity index (χ3v) is 2.12. The van der Waals surface area contributed by atoms with Gasteiger partial charge in [0.05, 0.1) is 0 Å². The maximum absolute atomic E-state index is 10.5. The maximum atomic E-state index is 10.5. The minimum Gasteiger partial charge on any atom is -0.767 e. The van der Waals surface area contributed by atoms with Gasteiger partial charge >= 0.3 is 29.6 Å². The molecule has 0 radical (unpaired) electrons. The Balaban J connectivity index is 0.00000144. The van der Waals surface area contributed by atoms with Crippen LogP contribution in [0.15, 0.2) is 11.2 Å². The zero-order valence-corrected chi connectivity index (χ0v) is 11.1. The Hall–Kier alpha value is 0.320. The summed E-state index contributed by atoms with van der Waals surface area (Å²) in [7, 11) is 1.79. The summed E-state index contributed by atoms with van der Waals surface area (Å²) in [5.41, 5.74) is 0. The zero-order valence-electron chi connectivity index (χ0n) is 8.27. The standard InChI is InChI=1S/C7H12N2O2S.Na/c1-5(2)7-8-6(12(10)11)4-9(7)3;/h4-5H,1-3H3,(H,10,11);/q;+1/p-1. The first-order valence-electron chi connectivity index (χ1n) is 3.65. The van der Waals surface area contributed by atoms with Crippen molar-refractivity contribution in [2.45, 2.75) is 24.8 Å². The Morgan fingerprint density at radius 2 is 2.15 bits per heavy atom. The van der Waals surface area contributed by atoms with Gasteiger partial charge in [-0.25, -0.2) is 4.98 Å². The third kappa shape index (κ3) is 3.18. The van der Waals surface area contributed by atoms with Crippen LogP contribution < -0.4 is 29.6 Å². The van der Waals surface area contributed by atoms with Crippen molar-refractivity contribution < 1.29 is 38.3 Å². The SMILES string of the molecule is CC(C)c1nc(S(=O)[O-])cn1C.[Na+]. The normalized spacial score (nSPS) is 12.7. The largest absolute Gasteiger partial charge is 1.00 e. The molecule has 13 heavy (non-hydrogen) atoms. The Morgan fingerprint density at radius 1 is 1.62 bits per heavy atom. The van der Waals surface area contributed by atoms with Crippen molar-refractivity contribution in [1.82, 2.24) is 9.55 Å². The first-order chi connectivity index (χ1) is 5.52. The van der Waals surface area contributed by atoms with Crippen LogP contribution in [0.5, 0.6) is 0 Å². The van der Waals surface area contributed by atoms with Gasteiger partial charge in [0.15, 0.2) is 0 Å². The van der Waals surface area contributed by atoms with Crippen LogP contribution >= 0.6 is 0 Å². The number of aromatic nitrogens is 2. The third-order valence-electron chi connectivity index (χ3n) is 1.58. The van der Waals surface area contributed by atoms with Gasteiger partial charge in [-0.1, -0.05) is 13.8 Å². The van der Waals surface area contributed by atoms with Crippen molar-refractivity contribution in [2.75, 3.05) is 0 Å². The van der Waals surface area contributed by atoms with Crippen LogP contribution in [0.25, 0.3) is 0 Å². The molecule has 0 aliphatic carbocycles. The van der Waals surface area contributed by atoms with E-state index in [1.54, 1.807) is 11.6 Å². The second-order valence-electron chi connectivity index (χ2n) is 2.94. The van der Waals surface area contributed by atoms with E-state index in [9.17, 15) is 8.76 Å². The van der Waals surface area contributed by atoms with E-state index in [1.807, 2.05) is 13.8 Å². The summed E-state index contributed by atoms with van der Waals surface area (Å²) in [6.45, 7) is 3.94. The second kappa shape index (κ2) is 5.26. The summed E-state index contributed by atoms with van der Waals surface area (Å²) >= 11 is -2.22. The Labute approximate surface area is 102 Å². The summed E-state index contributed by atoms with van der Waals surface area (Å²) in [6, 6.07) is 0. The van der Waals surface area contributed by atoms with Crippen LogP contribution in [0.4, 0.5) is 0 Å². The molecule has 0 fully saturated rings. The molecule has 0 spiro atoms. The number of nitrogens with zero attached hydrogens (tertiary/aromatic N) is 2. The van der Waals surface area contributed by atoms with Crippen LogP contribution in [-0.4, -0.2) is 18.3 Å². The summed E-state index contributed by atoms with van der Waals surface area (Å²) in [6.07, 6.45) is 1.51. The van der Waals surface area contributed by atoms with Crippen molar-refractivity contribution in [3.63, 3.8) is 0 Å². The molecule has 0 aliphatic heterocycles. The molecule has 1 aromatic heterocycles. The van der Waals surface area contributed by atoms with Crippen LogP contribution in [0.3, 0.4) is 0 Å². The van der Waals surface area contributed by atoms with E-state index < -0.39 is 11.1 Å². The van der Waals surface area contributed by atoms with Gasteiger partial charge in [-0.05, 0) is 11.1 Å². The first kappa shape index (κ1) is 13.3. The van der Waals surface area contributed by atoms with Gasteiger partial charge in [-0.3, -0.25) is 4.21 Å². The van der Waals surface area contributed by atoms with E-state index >= 15 is 0 Å². The fourth-order valence-corrected chi connectivity index (χ4v) is 1.48. The molecular weight excluding hydrogens is 199 g/mol. The van der Waals surface area contributed by atoms with Crippen molar-refractivity contribution in [3.05, 3.63) is 12.0 Å². The molecule has 0 bridgehead atoms. The number of hydrogen-bond donors (Lipinski definition) is 0. The summed E-state index contributed by atoms with van der Waals surface area (Å²) in [4.78, 5) is 3.96.